The van der Waals surface area contributed by atoms with Crippen LogP contribution in [-0.2, 0) is 4.74 Å². The van der Waals surface area contributed by atoms with Crippen LogP contribution in [0.3, 0.4) is 0 Å². The zero-order chi connectivity index (χ0) is 7.28. The molecule has 1 unspecified atom stereocenters. The maximum atomic E-state index is 8.68. The summed E-state index contributed by atoms with van der Waals surface area (Å²) in [6.07, 6.45) is -1.19. The molecule has 9 heavy (non-hydrogen) atoms. The van der Waals surface area contributed by atoms with E-state index in [1.165, 1.54) is 0 Å². The van der Waals surface area contributed by atoms with Crippen LogP contribution in [0.2, 0.25) is 0 Å². The summed E-state index contributed by atoms with van der Waals surface area (Å²) in [4.78, 5) is 0. The Morgan fingerprint density at radius 3 is 2.56 bits per heavy atom. The smallest absolute Gasteiger partial charge is 0.102 e. The molecule has 2 atom stereocenters. The van der Waals surface area contributed by atoms with E-state index in [-0.39, 0.29) is 19.4 Å². The van der Waals surface area contributed by atoms with Gasteiger partial charge in [0.15, 0.2) is 0 Å². The second-order valence-electron chi connectivity index (χ2n) is 1.87. The third-order valence-corrected chi connectivity index (χ3v) is 0.762. The number of rotatable bonds is 4. The molecule has 0 aliphatic heterocycles. The van der Waals surface area contributed by atoms with Gasteiger partial charge in [-0.1, -0.05) is 0 Å². The van der Waals surface area contributed by atoms with Gasteiger partial charge in [0.2, 0.25) is 0 Å². The molecule has 0 aliphatic carbocycles. The fourth-order valence-corrected chi connectivity index (χ4v) is 0.316. The first-order valence-electron chi connectivity index (χ1n) is 2.83. The molecule has 0 aromatic carbocycles. The van der Waals surface area contributed by atoms with E-state index in [0.717, 1.165) is 0 Å². The lowest BCUT2D eigenvalue weighted by atomic mass is 10.4. The van der Waals surface area contributed by atoms with Gasteiger partial charge in [0.25, 0.3) is 0 Å². The zero-order valence-corrected chi connectivity index (χ0v) is 5.45. The van der Waals surface area contributed by atoms with Crippen molar-refractivity contribution in [1.29, 1.82) is 0 Å². The molecule has 0 aromatic heterocycles. The highest BCUT2D eigenvalue weighted by Gasteiger charge is 2.01. The molecule has 0 aromatic rings. The average molecular weight is 135 g/mol. The first-order chi connectivity index (χ1) is 4.16. The quantitative estimate of drug-likeness (QED) is 0.417. The summed E-state index contributed by atoms with van der Waals surface area (Å²) in [5, 5.41) is 17.0. The minimum Gasteiger partial charge on any atom is -0.394 e. The monoisotopic (exact) mass is 135 g/mol. The second kappa shape index (κ2) is 4.69. The van der Waals surface area contributed by atoms with Crippen LogP contribution in [-0.4, -0.2) is 35.8 Å². The fraction of sp³-hybridized carbons (Fsp3) is 1.00. The minimum atomic E-state index is -0.809. The molecule has 0 heterocycles. The Kier molecular flexibility index (Phi) is 4.61. The average Bonchev–Trinajstić information content (AvgIpc) is 1.83. The Balaban J connectivity index is 3.06. The fourth-order valence-electron chi connectivity index (χ4n) is 0.316. The highest BCUT2D eigenvalue weighted by molar-refractivity contribution is 4.49. The van der Waals surface area contributed by atoms with Crippen LogP contribution in [0.4, 0.5) is 0 Å². The van der Waals surface area contributed by atoms with Gasteiger partial charge in [-0.25, -0.2) is 0 Å². The SMILES string of the molecule is CC(N)OC[C@@H](O)CO. The van der Waals surface area contributed by atoms with Crippen molar-refractivity contribution in [3.8, 4) is 0 Å². The Bertz CT molecular complexity index is 67.2. The predicted octanol–water partition coefficient (Wildman–Crippen LogP) is -1.34. The van der Waals surface area contributed by atoms with Gasteiger partial charge >= 0.3 is 0 Å². The van der Waals surface area contributed by atoms with E-state index in [2.05, 4.69) is 0 Å². The van der Waals surface area contributed by atoms with Gasteiger partial charge in [0, 0.05) is 0 Å². The molecule has 4 heteroatoms. The van der Waals surface area contributed by atoms with Crippen LogP contribution in [0.25, 0.3) is 0 Å². The highest BCUT2D eigenvalue weighted by atomic mass is 16.5. The zero-order valence-electron chi connectivity index (χ0n) is 5.45. The van der Waals surface area contributed by atoms with Gasteiger partial charge in [0.05, 0.1) is 13.2 Å². The lowest BCUT2D eigenvalue weighted by Gasteiger charge is -2.09. The van der Waals surface area contributed by atoms with Gasteiger partial charge in [-0.2, -0.15) is 0 Å². The Labute approximate surface area is 54.2 Å². The van der Waals surface area contributed by atoms with Gasteiger partial charge in [-0.3, -0.25) is 0 Å². The summed E-state index contributed by atoms with van der Waals surface area (Å²) in [6, 6.07) is 0. The largest absolute Gasteiger partial charge is 0.394 e. The third kappa shape index (κ3) is 5.72. The number of aliphatic hydroxyl groups excluding tert-OH is 2. The van der Waals surface area contributed by atoms with E-state index in [9.17, 15) is 0 Å². The molecule has 4 nitrogen and oxygen atoms in total. The van der Waals surface area contributed by atoms with Gasteiger partial charge < -0.3 is 20.7 Å². The number of hydrogen-bond donors (Lipinski definition) is 3. The molecule has 4 N–H and O–H groups in total. The predicted molar refractivity (Wildman–Crippen MR) is 32.7 cm³/mol. The Morgan fingerprint density at radius 1 is 1.67 bits per heavy atom. The number of nitrogens with two attached hydrogens (primary N) is 1. The summed E-state index contributed by atoms with van der Waals surface area (Å²) in [5.41, 5.74) is 5.18. The molecule has 0 saturated carbocycles. The highest BCUT2D eigenvalue weighted by Crippen LogP contribution is 1.85. The molecular weight excluding hydrogens is 122 g/mol. The van der Waals surface area contributed by atoms with Crippen LogP contribution in [0.1, 0.15) is 6.92 Å². The first-order valence-corrected chi connectivity index (χ1v) is 2.83. The molecule has 0 amide bonds. The van der Waals surface area contributed by atoms with Crippen molar-refractivity contribution < 1.29 is 14.9 Å². The number of aliphatic hydroxyl groups is 2. The number of ether oxygens (including phenoxy) is 1. The molecule has 0 saturated heterocycles. The van der Waals surface area contributed by atoms with Gasteiger partial charge in [0.1, 0.15) is 12.3 Å². The summed E-state index contributed by atoms with van der Waals surface area (Å²) in [5.74, 6) is 0. The van der Waals surface area contributed by atoms with Crippen molar-refractivity contribution in [2.45, 2.75) is 19.3 Å². The maximum absolute atomic E-state index is 8.68. The molecule has 0 fully saturated rings. The number of hydrogen-bond acceptors (Lipinski definition) is 4. The van der Waals surface area contributed by atoms with E-state index in [4.69, 9.17) is 20.7 Å². The van der Waals surface area contributed by atoms with Crippen LogP contribution < -0.4 is 5.73 Å². The molecule has 0 bridgehead atoms. The summed E-state index contributed by atoms with van der Waals surface area (Å²) in [7, 11) is 0. The normalized spacial score (nSPS) is 17.3. The van der Waals surface area contributed by atoms with Crippen molar-refractivity contribution in [1.82, 2.24) is 0 Å². The van der Waals surface area contributed by atoms with Crippen LogP contribution in [0, 0.1) is 0 Å². The van der Waals surface area contributed by atoms with E-state index in [0.29, 0.717) is 0 Å². The Morgan fingerprint density at radius 2 is 2.22 bits per heavy atom. The lowest BCUT2D eigenvalue weighted by Crippen LogP contribution is -2.27. The molecule has 0 aliphatic rings. The van der Waals surface area contributed by atoms with E-state index < -0.39 is 6.10 Å². The van der Waals surface area contributed by atoms with Crippen molar-refractivity contribution in [2.75, 3.05) is 13.2 Å². The van der Waals surface area contributed by atoms with E-state index in [1.807, 2.05) is 0 Å². The molecule has 0 spiro atoms. The van der Waals surface area contributed by atoms with Crippen LogP contribution in [0.15, 0.2) is 0 Å². The van der Waals surface area contributed by atoms with Gasteiger partial charge in [-0.05, 0) is 6.92 Å². The topological polar surface area (TPSA) is 75.7 Å². The summed E-state index contributed by atoms with van der Waals surface area (Å²) in [6.45, 7) is 1.46. The van der Waals surface area contributed by atoms with Crippen molar-refractivity contribution >= 4 is 0 Å². The van der Waals surface area contributed by atoms with Crippen LogP contribution in [0.5, 0.6) is 0 Å². The van der Waals surface area contributed by atoms with E-state index >= 15 is 0 Å². The Hall–Kier alpha value is -0.160. The summed E-state index contributed by atoms with van der Waals surface area (Å²) >= 11 is 0. The third-order valence-electron chi connectivity index (χ3n) is 0.762. The molecule has 0 radical (unpaired) electrons. The van der Waals surface area contributed by atoms with E-state index in [1.54, 1.807) is 6.92 Å². The van der Waals surface area contributed by atoms with Crippen molar-refractivity contribution in [3.63, 3.8) is 0 Å². The lowest BCUT2D eigenvalue weighted by molar-refractivity contribution is -0.0204. The molecule has 0 rings (SSSR count). The van der Waals surface area contributed by atoms with Gasteiger partial charge in [-0.15, -0.1) is 0 Å². The standard InChI is InChI=1S/C5H13NO3/c1-4(6)9-3-5(8)2-7/h4-5,7-8H,2-3,6H2,1H3/t4?,5-/m0/s1. The van der Waals surface area contributed by atoms with Crippen molar-refractivity contribution in [3.05, 3.63) is 0 Å². The van der Waals surface area contributed by atoms with Crippen LogP contribution >= 0.6 is 0 Å². The molecular formula is C5H13NO3. The minimum absolute atomic E-state index is 0.0914. The first kappa shape index (κ1) is 8.84. The second-order valence-corrected chi connectivity index (χ2v) is 1.87. The molecule has 56 valence electrons. The van der Waals surface area contributed by atoms with Crippen molar-refractivity contribution in [2.24, 2.45) is 5.73 Å². The maximum Gasteiger partial charge on any atom is 0.102 e. The summed E-state index contributed by atoms with van der Waals surface area (Å²) < 4.78 is 4.76.